The number of alkyl halides is 12. The molecule has 5 aromatic rings. The zero-order chi connectivity index (χ0) is 40.2. The van der Waals surface area contributed by atoms with Crippen LogP contribution in [-0.4, -0.2) is 50.0 Å². The van der Waals surface area contributed by atoms with Crippen molar-refractivity contribution in [3.63, 3.8) is 0 Å². The number of aliphatic hydroxyl groups is 2. The van der Waals surface area contributed by atoms with Crippen LogP contribution < -0.4 is 27.0 Å². The Balaban J connectivity index is 1.69. The Kier molecular flexibility index (Phi) is 8.58. The molecule has 0 spiro atoms. The summed E-state index contributed by atoms with van der Waals surface area (Å²) in [4.78, 5) is 64.6. The smallest absolute Gasteiger partial charge is 0.423 e. The van der Waals surface area contributed by atoms with Crippen molar-refractivity contribution in [2.24, 2.45) is 7.05 Å². The molecule has 0 bridgehead atoms. The second kappa shape index (κ2) is 11.7. The summed E-state index contributed by atoms with van der Waals surface area (Å²) in [6.45, 7) is 1.21. The third kappa shape index (κ3) is 5.75. The van der Waals surface area contributed by atoms with E-state index in [1.54, 1.807) is 0 Å². The second-order valence-corrected chi connectivity index (χ2v) is 11.7. The van der Waals surface area contributed by atoms with Crippen LogP contribution in [0.2, 0.25) is 0 Å². The van der Waals surface area contributed by atoms with Gasteiger partial charge in [-0.05, 0) is 61.0 Å². The first-order chi connectivity index (χ1) is 24.0. The van der Waals surface area contributed by atoms with Crippen LogP contribution in [0.3, 0.4) is 0 Å². The normalized spacial score (nSPS) is 13.7. The van der Waals surface area contributed by atoms with E-state index in [0.717, 1.165) is 31.3 Å². The molecule has 0 radical (unpaired) electrons. The van der Waals surface area contributed by atoms with Gasteiger partial charge in [-0.3, -0.25) is 23.7 Å². The number of aryl methyl sites for hydroxylation is 1. The minimum Gasteiger partial charge on any atom is -0.423 e. The lowest BCUT2D eigenvalue weighted by Crippen LogP contribution is -2.55. The van der Waals surface area contributed by atoms with Crippen LogP contribution in [0.4, 0.5) is 52.7 Å². The monoisotopic (exact) mass is 772 g/mol. The topological polar surface area (TPSA) is 145 Å². The third-order valence-electron chi connectivity index (χ3n) is 8.24. The van der Waals surface area contributed by atoms with Crippen molar-refractivity contribution < 1.29 is 72.4 Å². The van der Waals surface area contributed by atoms with Crippen LogP contribution in [0.15, 0.2) is 67.7 Å². The van der Waals surface area contributed by atoms with E-state index >= 15 is 0 Å². The van der Waals surface area contributed by atoms with Gasteiger partial charge in [-0.25, -0.2) is 9.36 Å². The molecule has 3 aromatic carbocycles. The van der Waals surface area contributed by atoms with E-state index in [0.29, 0.717) is 15.2 Å². The molecule has 0 saturated carbocycles. The fourth-order valence-electron chi connectivity index (χ4n) is 5.56. The molecule has 22 heteroatoms. The van der Waals surface area contributed by atoms with E-state index in [9.17, 15) is 86.9 Å². The first kappa shape index (κ1) is 38.7. The van der Waals surface area contributed by atoms with Crippen LogP contribution in [0.1, 0.15) is 27.0 Å². The molecule has 2 heterocycles. The van der Waals surface area contributed by atoms with Gasteiger partial charge in [-0.1, -0.05) is 0 Å². The summed E-state index contributed by atoms with van der Waals surface area (Å²) in [6, 6.07) is 2.33. The maximum Gasteiger partial charge on any atom is 0.430 e. The number of esters is 1. The largest absolute Gasteiger partial charge is 0.430 e. The van der Waals surface area contributed by atoms with Crippen LogP contribution in [0, 0.1) is 6.92 Å². The maximum absolute atomic E-state index is 13.7. The van der Waals surface area contributed by atoms with Crippen molar-refractivity contribution in [3.05, 3.63) is 112 Å². The highest BCUT2D eigenvalue weighted by Crippen LogP contribution is 2.54. The Hall–Kier alpha value is -5.51. The number of nitrogens with zero attached hydrogens (tertiary/aromatic N) is 2. The Morgan fingerprint density at radius 2 is 0.943 bits per heavy atom. The average molecular weight is 772 g/mol. The van der Waals surface area contributed by atoms with Crippen molar-refractivity contribution in [2.45, 2.75) is 42.8 Å². The quantitative estimate of drug-likeness (QED) is 0.150. The molecule has 0 unspecified atom stereocenters. The van der Waals surface area contributed by atoms with Gasteiger partial charge in [0.25, 0.3) is 33.4 Å². The number of hydrogen-bond acceptors (Lipinski definition) is 8. The number of ether oxygens (including phenoxy) is 1. The Labute approximate surface area is 283 Å². The van der Waals surface area contributed by atoms with E-state index in [2.05, 4.69) is 4.74 Å². The summed E-state index contributed by atoms with van der Waals surface area (Å²) in [7, 11) is 1.13. The second-order valence-electron chi connectivity index (χ2n) is 11.7. The van der Waals surface area contributed by atoms with E-state index in [1.807, 2.05) is 0 Å². The SMILES string of the molecule is Cc1cc(C(=O)Oc2cc(C(O)(C(F)(F)F)C(F)(F)F)cc(C(O)(C(F)(F)F)C(F)(F)F)c2)cc(-n2c(=O)c3cc4c(=O)n(C)c(=O)c4cc3c2=O)c1. The molecular formula is C31H16F12N2O8. The molecule has 5 rings (SSSR count). The summed E-state index contributed by atoms with van der Waals surface area (Å²) in [6.07, 6.45) is -27.5. The van der Waals surface area contributed by atoms with Gasteiger partial charge >= 0.3 is 30.7 Å². The molecule has 0 saturated heterocycles. The lowest BCUT2D eigenvalue weighted by molar-refractivity contribution is -0.378. The molecule has 53 heavy (non-hydrogen) atoms. The lowest BCUT2D eigenvalue weighted by atomic mass is 9.85. The predicted molar refractivity (Wildman–Crippen MR) is 155 cm³/mol. The number of hydrogen-bond donors (Lipinski definition) is 2. The Morgan fingerprint density at radius 3 is 1.32 bits per heavy atom. The molecule has 0 atom stereocenters. The fraction of sp³-hybridized carbons (Fsp3) is 0.258. The molecule has 0 fully saturated rings. The highest BCUT2D eigenvalue weighted by molar-refractivity contribution is 5.98. The number of aromatic nitrogens is 2. The van der Waals surface area contributed by atoms with Gasteiger partial charge in [-0.15, -0.1) is 0 Å². The van der Waals surface area contributed by atoms with Crippen LogP contribution in [0.5, 0.6) is 5.75 Å². The Morgan fingerprint density at radius 1 is 0.566 bits per heavy atom. The van der Waals surface area contributed by atoms with E-state index in [-0.39, 0.29) is 27.1 Å². The van der Waals surface area contributed by atoms with Gasteiger partial charge in [0, 0.05) is 18.2 Å². The number of rotatable bonds is 5. The van der Waals surface area contributed by atoms with Crippen molar-refractivity contribution >= 4 is 27.5 Å². The number of benzene rings is 3. The zero-order valence-corrected chi connectivity index (χ0v) is 25.9. The van der Waals surface area contributed by atoms with Crippen molar-refractivity contribution in [1.29, 1.82) is 0 Å². The van der Waals surface area contributed by atoms with E-state index in [4.69, 9.17) is 0 Å². The summed E-state index contributed by atoms with van der Waals surface area (Å²) in [5.41, 5.74) is -23.2. The highest BCUT2D eigenvalue weighted by Gasteiger charge is 2.74. The molecule has 282 valence electrons. The van der Waals surface area contributed by atoms with E-state index in [1.165, 1.54) is 6.92 Å². The van der Waals surface area contributed by atoms with Crippen molar-refractivity contribution in [3.8, 4) is 11.4 Å². The van der Waals surface area contributed by atoms with Gasteiger partial charge in [-0.2, -0.15) is 52.7 Å². The summed E-state index contributed by atoms with van der Waals surface area (Å²) < 4.78 is 170. The van der Waals surface area contributed by atoms with Gasteiger partial charge < -0.3 is 14.9 Å². The molecule has 0 aliphatic rings. The predicted octanol–water partition coefficient (Wildman–Crippen LogP) is 4.59. The first-order valence-corrected chi connectivity index (χ1v) is 14.1. The number of halogens is 12. The molecule has 2 aromatic heterocycles. The molecule has 0 aliphatic heterocycles. The molecule has 2 N–H and O–H groups in total. The van der Waals surface area contributed by atoms with Crippen LogP contribution in [-0.2, 0) is 18.2 Å². The van der Waals surface area contributed by atoms with Gasteiger partial charge in [0.1, 0.15) is 5.75 Å². The molecular weight excluding hydrogens is 756 g/mol. The molecule has 0 amide bonds. The van der Waals surface area contributed by atoms with Gasteiger partial charge in [0.05, 0.1) is 32.8 Å². The summed E-state index contributed by atoms with van der Waals surface area (Å²) in [5.74, 6) is -3.82. The number of fused-ring (bicyclic) bond motifs is 2. The third-order valence-corrected chi connectivity index (χ3v) is 8.24. The summed E-state index contributed by atoms with van der Waals surface area (Å²) in [5, 5.41) is 18.4. The van der Waals surface area contributed by atoms with Crippen LogP contribution in [0.25, 0.3) is 27.2 Å². The molecule has 0 aliphatic carbocycles. The minimum absolute atomic E-state index is 0.0399. The first-order valence-electron chi connectivity index (χ1n) is 14.1. The number of carbonyl (C=O) groups excluding carboxylic acids is 1. The average Bonchev–Trinajstić information content (AvgIpc) is 3.39. The maximum atomic E-state index is 13.7. The minimum atomic E-state index is -6.88. The van der Waals surface area contributed by atoms with Crippen molar-refractivity contribution in [2.75, 3.05) is 0 Å². The standard InChI is InChI=1S/C31H16F12N2O8/c1-11-3-12(5-15(4-11)45-23(48)19-9-17-18(10-20(19)24(45)49)22(47)44(2)21(17)46)25(50)53-16-7-13(26(51,28(32,33)34)29(35,36)37)6-14(8-16)27(52,30(38,39)40)31(41,42)43/h3-10,51-52H,1-2H3. The zero-order valence-electron chi connectivity index (χ0n) is 25.9. The fourth-order valence-corrected chi connectivity index (χ4v) is 5.56. The molecule has 10 nitrogen and oxygen atoms in total. The highest BCUT2D eigenvalue weighted by atomic mass is 19.4. The number of carbonyl (C=O) groups is 1. The Bertz CT molecular complexity index is 2390. The summed E-state index contributed by atoms with van der Waals surface area (Å²) >= 11 is 0. The lowest BCUT2D eigenvalue weighted by Gasteiger charge is -2.36. The van der Waals surface area contributed by atoms with Gasteiger partial charge in [0.2, 0.25) is 0 Å². The van der Waals surface area contributed by atoms with Crippen LogP contribution >= 0.6 is 0 Å². The van der Waals surface area contributed by atoms with Gasteiger partial charge in [0.15, 0.2) is 0 Å². The van der Waals surface area contributed by atoms with Crippen molar-refractivity contribution in [1.82, 2.24) is 9.13 Å². The van der Waals surface area contributed by atoms with E-state index < -0.39 is 110 Å².